The van der Waals surface area contributed by atoms with Gasteiger partial charge in [0.25, 0.3) is 5.91 Å². The Morgan fingerprint density at radius 3 is 2.70 bits per heavy atom. The van der Waals surface area contributed by atoms with Gasteiger partial charge in [-0.05, 0) is 31.1 Å². The minimum absolute atomic E-state index is 0.151. The van der Waals surface area contributed by atoms with Gasteiger partial charge in [-0.25, -0.2) is 0 Å². The van der Waals surface area contributed by atoms with Crippen LogP contribution in [0.3, 0.4) is 0 Å². The molecule has 0 spiro atoms. The number of nitrogens with one attached hydrogen (secondary N) is 1. The summed E-state index contributed by atoms with van der Waals surface area (Å²) in [6.07, 6.45) is 3.77. The quantitative estimate of drug-likeness (QED) is 0.593. The zero-order valence-electron chi connectivity index (χ0n) is 14.6. The van der Waals surface area contributed by atoms with E-state index in [0.717, 1.165) is 16.1 Å². The Morgan fingerprint density at radius 2 is 2.04 bits per heavy atom. The van der Waals surface area contributed by atoms with Gasteiger partial charge in [-0.3, -0.25) is 19.8 Å². The lowest BCUT2D eigenvalue weighted by Crippen LogP contribution is -2.36. The molecule has 0 radical (unpaired) electrons. The molecular weight excluding hydrogens is 400 g/mol. The molecule has 1 fully saturated rings. The standard InChI is InChI=1S/C18H16N4O2S3/c1-11(8-13-6-4-3-5-7-13)9-14-16(24)22(18(25)27-14)10-15(23)19-17-21-20-12(2)26-17/h3-9H,10H2,1-2H3,(H,19,21,23)/b11-8+,14-9-. The first-order chi connectivity index (χ1) is 12.9. The lowest BCUT2D eigenvalue weighted by Gasteiger charge is -2.13. The Morgan fingerprint density at radius 1 is 1.30 bits per heavy atom. The summed E-state index contributed by atoms with van der Waals surface area (Å²) in [6.45, 7) is 3.57. The summed E-state index contributed by atoms with van der Waals surface area (Å²) in [4.78, 5) is 26.6. The largest absolute Gasteiger partial charge is 0.299 e. The molecule has 0 saturated carbocycles. The highest BCUT2D eigenvalue weighted by Gasteiger charge is 2.33. The number of carbonyl (C=O) groups excluding carboxylic acids is 2. The van der Waals surface area contributed by atoms with Crippen molar-refractivity contribution in [1.29, 1.82) is 0 Å². The third-order valence-corrected chi connectivity index (χ3v) is 5.63. The predicted molar refractivity (Wildman–Crippen MR) is 113 cm³/mol. The number of amides is 2. The molecule has 2 aromatic rings. The van der Waals surface area contributed by atoms with Crippen molar-refractivity contribution in [2.45, 2.75) is 13.8 Å². The van der Waals surface area contributed by atoms with Crippen molar-refractivity contribution in [1.82, 2.24) is 15.1 Å². The van der Waals surface area contributed by atoms with Gasteiger partial charge in [0.05, 0.1) is 4.91 Å². The van der Waals surface area contributed by atoms with Crippen LogP contribution in [0.1, 0.15) is 17.5 Å². The Kier molecular flexibility index (Phi) is 6.15. The molecule has 1 aliphatic rings. The molecule has 2 amide bonds. The maximum Gasteiger partial charge on any atom is 0.266 e. The van der Waals surface area contributed by atoms with E-state index in [2.05, 4.69) is 15.5 Å². The number of carbonyl (C=O) groups is 2. The highest BCUT2D eigenvalue weighted by atomic mass is 32.2. The van der Waals surface area contributed by atoms with Crippen molar-refractivity contribution in [3.8, 4) is 0 Å². The molecule has 1 aromatic heterocycles. The Labute approximate surface area is 170 Å². The number of rotatable bonds is 5. The Hall–Kier alpha value is -2.36. The molecule has 1 saturated heterocycles. The van der Waals surface area contributed by atoms with E-state index in [1.165, 1.54) is 28.0 Å². The number of benzene rings is 1. The van der Waals surface area contributed by atoms with Gasteiger partial charge in [0.15, 0.2) is 0 Å². The molecule has 6 nitrogen and oxygen atoms in total. The van der Waals surface area contributed by atoms with E-state index in [0.29, 0.717) is 14.4 Å². The topological polar surface area (TPSA) is 75.2 Å². The maximum absolute atomic E-state index is 12.6. The number of anilines is 1. The first-order valence-electron chi connectivity index (χ1n) is 8.01. The summed E-state index contributed by atoms with van der Waals surface area (Å²) in [5.74, 6) is -0.630. The lowest BCUT2D eigenvalue weighted by molar-refractivity contribution is -0.126. The van der Waals surface area contributed by atoms with E-state index in [9.17, 15) is 9.59 Å². The van der Waals surface area contributed by atoms with Crippen molar-refractivity contribution in [3.63, 3.8) is 0 Å². The molecular formula is C18H16N4O2S3. The molecule has 1 aromatic carbocycles. The number of hydrogen-bond donors (Lipinski definition) is 1. The van der Waals surface area contributed by atoms with Gasteiger partial charge in [-0.1, -0.05) is 71.7 Å². The molecule has 1 N–H and O–H groups in total. The second-order valence-electron chi connectivity index (χ2n) is 5.74. The second-order valence-corrected chi connectivity index (χ2v) is 8.60. The summed E-state index contributed by atoms with van der Waals surface area (Å²) < 4.78 is 0.363. The summed E-state index contributed by atoms with van der Waals surface area (Å²) >= 11 is 7.73. The predicted octanol–water partition coefficient (Wildman–Crippen LogP) is 3.63. The SMILES string of the molecule is CC(/C=C1\SC(=S)N(CC(=O)Nc2nnc(C)s2)C1=O)=C\c1ccccc1. The van der Waals surface area contributed by atoms with Gasteiger partial charge in [0.1, 0.15) is 15.9 Å². The minimum Gasteiger partial charge on any atom is -0.299 e. The van der Waals surface area contributed by atoms with E-state index in [1.807, 2.05) is 43.3 Å². The highest BCUT2D eigenvalue weighted by Crippen LogP contribution is 2.32. The van der Waals surface area contributed by atoms with Crippen molar-refractivity contribution >= 4 is 62.7 Å². The average molecular weight is 417 g/mol. The van der Waals surface area contributed by atoms with Crippen LogP contribution in [-0.2, 0) is 9.59 Å². The third kappa shape index (κ3) is 5.09. The number of aryl methyl sites for hydroxylation is 1. The molecule has 138 valence electrons. The van der Waals surface area contributed by atoms with Gasteiger partial charge in [0.2, 0.25) is 11.0 Å². The number of thioether (sulfide) groups is 1. The minimum atomic E-state index is -0.361. The third-order valence-electron chi connectivity index (χ3n) is 3.50. The Balaban J connectivity index is 1.67. The maximum atomic E-state index is 12.6. The van der Waals surface area contributed by atoms with Crippen LogP contribution in [0.2, 0.25) is 0 Å². The van der Waals surface area contributed by atoms with Crippen LogP contribution in [0.15, 0.2) is 46.9 Å². The van der Waals surface area contributed by atoms with Gasteiger partial charge < -0.3 is 0 Å². The van der Waals surface area contributed by atoms with E-state index in [4.69, 9.17) is 12.2 Å². The first kappa shape index (κ1) is 19.4. The smallest absolute Gasteiger partial charge is 0.266 e. The molecule has 27 heavy (non-hydrogen) atoms. The zero-order valence-corrected chi connectivity index (χ0v) is 17.1. The van der Waals surface area contributed by atoms with Crippen molar-refractivity contribution in [2.75, 3.05) is 11.9 Å². The van der Waals surface area contributed by atoms with E-state index < -0.39 is 0 Å². The normalized spacial score (nSPS) is 16.3. The monoisotopic (exact) mass is 416 g/mol. The van der Waals surface area contributed by atoms with Gasteiger partial charge in [0, 0.05) is 0 Å². The highest BCUT2D eigenvalue weighted by molar-refractivity contribution is 8.26. The van der Waals surface area contributed by atoms with Crippen molar-refractivity contribution in [3.05, 3.63) is 57.5 Å². The Bertz CT molecular complexity index is 951. The average Bonchev–Trinajstić information content (AvgIpc) is 3.14. The number of thiocarbonyl (C=S) groups is 1. The molecule has 0 aliphatic carbocycles. The van der Waals surface area contributed by atoms with Crippen LogP contribution in [0.5, 0.6) is 0 Å². The van der Waals surface area contributed by atoms with Gasteiger partial charge >= 0.3 is 0 Å². The first-order valence-corrected chi connectivity index (χ1v) is 10.0. The second kappa shape index (κ2) is 8.55. The van der Waals surface area contributed by atoms with Crippen LogP contribution in [0.25, 0.3) is 6.08 Å². The lowest BCUT2D eigenvalue weighted by atomic mass is 10.1. The summed E-state index contributed by atoms with van der Waals surface area (Å²) in [7, 11) is 0. The number of allylic oxidation sites excluding steroid dienone is 2. The summed E-state index contributed by atoms with van der Waals surface area (Å²) in [6, 6.07) is 9.84. The van der Waals surface area contributed by atoms with Gasteiger partial charge in [-0.15, -0.1) is 10.2 Å². The fraction of sp³-hybridized carbons (Fsp3) is 0.167. The molecule has 1 aliphatic heterocycles. The van der Waals surface area contributed by atoms with Crippen LogP contribution in [0, 0.1) is 6.92 Å². The molecule has 0 unspecified atom stereocenters. The van der Waals surface area contributed by atoms with Crippen LogP contribution in [-0.4, -0.2) is 37.8 Å². The number of aromatic nitrogens is 2. The van der Waals surface area contributed by atoms with Crippen molar-refractivity contribution in [2.24, 2.45) is 0 Å². The molecule has 9 heteroatoms. The van der Waals surface area contributed by atoms with E-state index >= 15 is 0 Å². The fourth-order valence-corrected chi connectivity index (χ4v) is 4.26. The number of nitrogens with zero attached hydrogens (tertiary/aromatic N) is 3. The summed E-state index contributed by atoms with van der Waals surface area (Å²) in [5.41, 5.74) is 1.98. The van der Waals surface area contributed by atoms with Crippen molar-refractivity contribution < 1.29 is 9.59 Å². The molecule has 2 heterocycles. The van der Waals surface area contributed by atoms with Crippen LogP contribution in [0.4, 0.5) is 5.13 Å². The fourth-order valence-electron chi connectivity index (χ4n) is 2.35. The van der Waals surface area contributed by atoms with Gasteiger partial charge in [-0.2, -0.15) is 0 Å². The van der Waals surface area contributed by atoms with E-state index in [-0.39, 0.29) is 18.4 Å². The molecule has 3 rings (SSSR count). The number of hydrogen-bond acceptors (Lipinski definition) is 7. The van der Waals surface area contributed by atoms with Crippen LogP contribution < -0.4 is 5.32 Å². The zero-order chi connectivity index (χ0) is 19.4. The molecule has 0 atom stereocenters. The summed E-state index contributed by atoms with van der Waals surface area (Å²) in [5, 5.41) is 11.5. The van der Waals surface area contributed by atoms with Crippen LogP contribution >= 0.6 is 35.3 Å². The van der Waals surface area contributed by atoms with E-state index in [1.54, 1.807) is 13.0 Å². The molecule has 0 bridgehead atoms.